The van der Waals surface area contributed by atoms with Crippen LogP contribution < -0.4 is 16.8 Å². The summed E-state index contributed by atoms with van der Waals surface area (Å²) in [7, 11) is 0. The minimum atomic E-state index is -1.45. The third kappa shape index (κ3) is 2.97. The maximum atomic E-state index is 11.8. The Balaban J connectivity index is 1.93. The molecule has 1 fully saturated rings. The summed E-state index contributed by atoms with van der Waals surface area (Å²) >= 11 is 0. The molecule has 4 unspecified atom stereocenters. The summed E-state index contributed by atoms with van der Waals surface area (Å²) in [5, 5.41) is 22.3. The van der Waals surface area contributed by atoms with Gasteiger partial charge in [-0.05, 0) is 0 Å². The monoisotopic (exact) mass is 351 g/mol. The van der Waals surface area contributed by atoms with Crippen LogP contribution in [0.2, 0.25) is 0 Å². The molecule has 1 saturated heterocycles. The molecule has 2 aromatic heterocycles. The van der Waals surface area contributed by atoms with E-state index in [1.165, 1.54) is 17.2 Å². The van der Waals surface area contributed by atoms with Crippen LogP contribution >= 0.6 is 0 Å². The number of anilines is 1. The van der Waals surface area contributed by atoms with Crippen LogP contribution in [0.25, 0.3) is 11.2 Å². The van der Waals surface area contributed by atoms with E-state index in [1.54, 1.807) is 0 Å². The van der Waals surface area contributed by atoms with E-state index in [9.17, 15) is 19.8 Å². The predicted octanol–water partition coefficient (Wildman–Crippen LogP) is -2.41. The molecule has 0 aliphatic carbocycles. The van der Waals surface area contributed by atoms with E-state index in [1.807, 2.05) is 0 Å². The van der Waals surface area contributed by atoms with Crippen molar-refractivity contribution in [2.24, 2.45) is 5.73 Å². The van der Waals surface area contributed by atoms with Gasteiger partial charge in [0.05, 0.1) is 12.4 Å². The minimum Gasteiger partial charge on any atom is -0.479 e. The van der Waals surface area contributed by atoms with Gasteiger partial charge in [-0.2, -0.15) is 0 Å². The Bertz CT molecular complexity index is 809. The van der Waals surface area contributed by atoms with Gasteiger partial charge in [0.1, 0.15) is 17.9 Å². The maximum absolute atomic E-state index is 11.8. The SMILES string of the molecule is NCCC(=O)NC1C(C(=O)O)OC(n2cnc3c(N)ncnc32)C1O. The van der Waals surface area contributed by atoms with E-state index in [0.29, 0.717) is 5.52 Å². The van der Waals surface area contributed by atoms with Gasteiger partial charge in [0.15, 0.2) is 23.8 Å². The number of rotatable bonds is 5. The predicted molar refractivity (Wildman–Crippen MR) is 82.9 cm³/mol. The summed E-state index contributed by atoms with van der Waals surface area (Å²) in [4.78, 5) is 35.1. The number of nitrogens with zero attached hydrogens (tertiary/aromatic N) is 4. The highest BCUT2D eigenvalue weighted by molar-refractivity contribution is 5.82. The molecular weight excluding hydrogens is 334 g/mol. The smallest absolute Gasteiger partial charge is 0.335 e. The normalized spacial score (nSPS) is 26.0. The number of aliphatic hydroxyl groups excluding tert-OH is 1. The molecule has 0 bridgehead atoms. The molecule has 2 aromatic rings. The van der Waals surface area contributed by atoms with Gasteiger partial charge in [0.25, 0.3) is 0 Å². The number of imidazole rings is 1. The number of aliphatic hydroxyl groups is 1. The first kappa shape index (κ1) is 17.0. The van der Waals surface area contributed by atoms with E-state index in [2.05, 4.69) is 20.3 Å². The van der Waals surface area contributed by atoms with Crippen molar-refractivity contribution in [1.82, 2.24) is 24.8 Å². The van der Waals surface area contributed by atoms with Gasteiger partial charge in [0.2, 0.25) is 5.91 Å². The van der Waals surface area contributed by atoms with E-state index < -0.39 is 36.4 Å². The van der Waals surface area contributed by atoms with Crippen LogP contribution in [0.4, 0.5) is 5.82 Å². The summed E-state index contributed by atoms with van der Waals surface area (Å²) in [5.74, 6) is -1.67. The van der Waals surface area contributed by atoms with E-state index in [4.69, 9.17) is 16.2 Å². The van der Waals surface area contributed by atoms with Crippen molar-refractivity contribution in [3.63, 3.8) is 0 Å². The molecule has 0 saturated carbocycles. The topological polar surface area (TPSA) is 191 Å². The zero-order chi connectivity index (χ0) is 18.1. The third-order valence-electron chi connectivity index (χ3n) is 3.88. The number of nitrogens with one attached hydrogen (secondary N) is 1. The molecule has 4 atom stereocenters. The van der Waals surface area contributed by atoms with Gasteiger partial charge in [-0.15, -0.1) is 0 Å². The Morgan fingerprint density at radius 1 is 1.36 bits per heavy atom. The minimum absolute atomic E-state index is 0.00199. The number of hydrogen-bond acceptors (Lipinski definition) is 9. The molecule has 1 amide bonds. The molecule has 0 spiro atoms. The number of nitrogens with two attached hydrogens (primary N) is 2. The van der Waals surface area contributed by atoms with Crippen molar-refractivity contribution < 1.29 is 24.5 Å². The number of carbonyl (C=O) groups excluding carboxylic acids is 1. The summed E-state index contributed by atoms with van der Waals surface area (Å²) in [6.07, 6.45) is -1.39. The number of carboxylic acid groups (broad SMARTS) is 1. The molecule has 3 rings (SSSR count). The number of aromatic nitrogens is 4. The average Bonchev–Trinajstić information content (AvgIpc) is 3.11. The van der Waals surface area contributed by atoms with E-state index >= 15 is 0 Å². The Labute approximate surface area is 140 Å². The zero-order valence-corrected chi connectivity index (χ0v) is 12.9. The molecule has 1 aliphatic heterocycles. The Morgan fingerprint density at radius 3 is 2.80 bits per heavy atom. The molecule has 134 valence electrons. The second-order valence-electron chi connectivity index (χ2n) is 5.49. The van der Waals surface area contributed by atoms with E-state index in [0.717, 1.165) is 0 Å². The lowest BCUT2D eigenvalue weighted by Crippen LogP contribution is -2.50. The van der Waals surface area contributed by atoms with Crippen LogP contribution in [-0.4, -0.2) is 66.4 Å². The number of fused-ring (bicyclic) bond motifs is 1. The van der Waals surface area contributed by atoms with Gasteiger partial charge in [-0.3, -0.25) is 9.36 Å². The highest BCUT2D eigenvalue weighted by Gasteiger charge is 2.49. The number of ether oxygens (including phenoxy) is 1. The first-order chi connectivity index (χ1) is 11.9. The molecular formula is C13H17N7O5. The van der Waals surface area contributed by atoms with Crippen LogP contribution in [0.5, 0.6) is 0 Å². The molecule has 0 radical (unpaired) electrons. The second kappa shape index (κ2) is 6.58. The number of carboxylic acids is 1. The first-order valence-electron chi connectivity index (χ1n) is 7.42. The van der Waals surface area contributed by atoms with Crippen molar-refractivity contribution in [3.05, 3.63) is 12.7 Å². The van der Waals surface area contributed by atoms with Gasteiger partial charge < -0.3 is 31.7 Å². The first-order valence-corrected chi connectivity index (χ1v) is 7.42. The zero-order valence-electron chi connectivity index (χ0n) is 12.9. The fraction of sp³-hybridized carbons (Fsp3) is 0.462. The molecule has 3 heterocycles. The van der Waals surface area contributed by atoms with Crippen LogP contribution in [0.3, 0.4) is 0 Å². The number of nitrogen functional groups attached to an aromatic ring is 1. The van der Waals surface area contributed by atoms with Crippen molar-refractivity contribution in [1.29, 1.82) is 0 Å². The summed E-state index contributed by atoms with van der Waals surface area (Å²) in [6, 6.07) is -1.15. The highest BCUT2D eigenvalue weighted by Crippen LogP contribution is 2.32. The quantitative estimate of drug-likeness (QED) is 0.387. The summed E-state index contributed by atoms with van der Waals surface area (Å²) in [6.45, 7) is 0.0963. The van der Waals surface area contributed by atoms with Crippen LogP contribution in [0, 0.1) is 0 Å². The number of amides is 1. The van der Waals surface area contributed by atoms with Crippen LogP contribution in [0.1, 0.15) is 12.6 Å². The van der Waals surface area contributed by atoms with Gasteiger partial charge in [-0.25, -0.2) is 19.7 Å². The lowest BCUT2D eigenvalue weighted by atomic mass is 10.1. The van der Waals surface area contributed by atoms with Crippen molar-refractivity contribution in [2.45, 2.75) is 30.9 Å². The lowest BCUT2D eigenvalue weighted by Gasteiger charge is -2.20. The van der Waals surface area contributed by atoms with Crippen LogP contribution in [0.15, 0.2) is 12.7 Å². The van der Waals surface area contributed by atoms with Gasteiger partial charge in [0, 0.05) is 13.0 Å². The van der Waals surface area contributed by atoms with Crippen molar-refractivity contribution in [2.75, 3.05) is 12.3 Å². The van der Waals surface area contributed by atoms with Crippen molar-refractivity contribution >= 4 is 28.9 Å². The molecule has 25 heavy (non-hydrogen) atoms. The third-order valence-corrected chi connectivity index (χ3v) is 3.88. The molecule has 7 N–H and O–H groups in total. The summed E-state index contributed by atoms with van der Waals surface area (Å²) < 4.78 is 6.80. The highest BCUT2D eigenvalue weighted by atomic mass is 16.6. The van der Waals surface area contributed by atoms with Crippen LogP contribution in [-0.2, 0) is 14.3 Å². The molecule has 0 aromatic carbocycles. The number of aliphatic carboxylic acids is 1. The summed E-state index contributed by atoms with van der Waals surface area (Å²) in [5.41, 5.74) is 11.6. The standard InChI is InChI=1S/C13H17N7O5/c14-2-1-5(21)19-6-8(22)12(25-9(6)13(23)24)20-4-18-7-10(15)16-3-17-11(7)20/h3-4,6,8-9,12,22H,1-2,14H2,(H,19,21)(H,23,24)(H2,15,16,17). The Morgan fingerprint density at radius 2 is 2.12 bits per heavy atom. The number of hydrogen-bond donors (Lipinski definition) is 5. The fourth-order valence-corrected chi connectivity index (χ4v) is 2.72. The van der Waals surface area contributed by atoms with Gasteiger partial charge in [-0.1, -0.05) is 0 Å². The van der Waals surface area contributed by atoms with Crippen molar-refractivity contribution in [3.8, 4) is 0 Å². The molecule has 12 heteroatoms. The van der Waals surface area contributed by atoms with E-state index in [-0.39, 0.29) is 24.4 Å². The average molecular weight is 351 g/mol. The number of carbonyl (C=O) groups is 2. The van der Waals surface area contributed by atoms with Gasteiger partial charge >= 0.3 is 5.97 Å². The lowest BCUT2D eigenvalue weighted by molar-refractivity contribution is -0.152. The maximum Gasteiger partial charge on any atom is 0.335 e. The second-order valence-corrected chi connectivity index (χ2v) is 5.49. The Kier molecular flexibility index (Phi) is 4.48. The molecule has 1 aliphatic rings. The largest absolute Gasteiger partial charge is 0.479 e. The fourth-order valence-electron chi connectivity index (χ4n) is 2.72. The Hall–Kier alpha value is -2.83. The molecule has 12 nitrogen and oxygen atoms in total.